The molecule has 0 saturated carbocycles. The lowest BCUT2D eigenvalue weighted by Crippen LogP contribution is -2.27. The molecule has 1 aromatic rings. The highest BCUT2D eigenvalue weighted by Gasteiger charge is 2.15. The van der Waals surface area contributed by atoms with Crippen LogP contribution in [0, 0.1) is 0 Å². The summed E-state index contributed by atoms with van der Waals surface area (Å²) in [6.45, 7) is 1.68. The molecule has 78 valence electrons. The van der Waals surface area contributed by atoms with Gasteiger partial charge in [0.15, 0.2) is 5.82 Å². The lowest BCUT2D eigenvalue weighted by Gasteiger charge is -2.10. The Kier molecular flexibility index (Phi) is 2.95. The molecular weight excluding hydrogens is 184 g/mol. The molecule has 3 N–H and O–H groups in total. The Balaban J connectivity index is 2.69. The van der Waals surface area contributed by atoms with Crippen molar-refractivity contribution in [1.29, 1.82) is 0 Å². The van der Waals surface area contributed by atoms with E-state index in [0.717, 1.165) is 0 Å². The maximum atomic E-state index is 11.1. The summed E-state index contributed by atoms with van der Waals surface area (Å²) in [6.07, 6.45) is 1.66. The summed E-state index contributed by atoms with van der Waals surface area (Å²) in [5.41, 5.74) is 6.14. The summed E-state index contributed by atoms with van der Waals surface area (Å²) in [7, 11) is 3.09. The molecule has 0 fully saturated rings. The lowest BCUT2D eigenvalue weighted by molar-refractivity contribution is -0.141. The Bertz CT molecular complexity index is 334. The molecule has 0 amide bonds. The van der Waals surface area contributed by atoms with Gasteiger partial charge in [-0.25, -0.2) is 4.79 Å². The van der Waals surface area contributed by atoms with Crippen LogP contribution in [0.2, 0.25) is 0 Å². The number of anilines is 2. The largest absolute Gasteiger partial charge is 0.467 e. The molecule has 1 heterocycles. The van der Waals surface area contributed by atoms with Crippen molar-refractivity contribution in [2.75, 3.05) is 18.2 Å². The van der Waals surface area contributed by atoms with E-state index in [9.17, 15) is 4.79 Å². The molecule has 0 aliphatic heterocycles. The van der Waals surface area contributed by atoms with Crippen LogP contribution >= 0.6 is 0 Å². The minimum absolute atomic E-state index is 0.352. The zero-order valence-corrected chi connectivity index (χ0v) is 8.44. The second kappa shape index (κ2) is 3.99. The molecule has 0 bridgehead atoms. The van der Waals surface area contributed by atoms with Crippen molar-refractivity contribution in [2.45, 2.75) is 13.0 Å². The van der Waals surface area contributed by atoms with E-state index in [1.807, 2.05) is 0 Å². The number of nitrogens with zero attached hydrogens (tertiary/aromatic N) is 2. The van der Waals surface area contributed by atoms with E-state index in [2.05, 4.69) is 15.2 Å². The summed E-state index contributed by atoms with van der Waals surface area (Å²) < 4.78 is 6.13. The Hall–Kier alpha value is -1.72. The number of carbonyl (C=O) groups is 1. The minimum Gasteiger partial charge on any atom is -0.467 e. The molecule has 6 heteroatoms. The first-order chi connectivity index (χ1) is 6.54. The molecule has 0 aliphatic carbocycles. The SMILES string of the molecule is COC(=O)C(C)Nc1nn(C)cc1N. The van der Waals surface area contributed by atoms with Crippen LogP contribution < -0.4 is 11.1 Å². The number of nitrogens with two attached hydrogens (primary N) is 1. The summed E-state index contributed by atoms with van der Waals surface area (Å²) in [5, 5.41) is 6.89. The third-order valence-corrected chi connectivity index (χ3v) is 1.77. The molecule has 1 rings (SSSR count). The molecule has 1 unspecified atom stereocenters. The van der Waals surface area contributed by atoms with Gasteiger partial charge in [0.1, 0.15) is 6.04 Å². The van der Waals surface area contributed by atoms with Crippen molar-refractivity contribution in [3.05, 3.63) is 6.20 Å². The number of methoxy groups -OCH3 is 1. The summed E-state index contributed by atoms with van der Waals surface area (Å²) in [4.78, 5) is 11.1. The lowest BCUT2D eigenvalue weighted by atomic mass is 10.3. The first kappa shape index (κ1) is 10.4. The maximum Gasteiger partial charge on any atom is 0.328 e. The maximum absolute atomic E-state index is 11.1. The molecule has 1 aromatic heterocycles. The Morgan fingerprint density at radius 2 is 2.43 bits per heavy atom. The van der Waals surface area contributed by atoms with Crippen molar-refractivity contribution < 1.29 is 9.53 Å². The number of hydrogen-bond acceptors (Lipinski definition) is 5. The number of hydrogen-bond donors (Lipinski definition) is 2. The molecule has 0 radical (unpaired) electrons. The number of esters is 1. The number of aromatic nitrogens is 2. The van der Waals surface area contributed by atoms with Crippen molar-refractivity contribution in [3.8, 4) is 0 Å². The van der Waals surface area contributed by atoms with Gasteiger partial charge in [0.05, 0.1) is 12.8 Å². The summed E-state index contributed by atoms with van der Waals surface area (Å²) in [5.74, 6) is 0.139. The normalized spacial score (nSPS) is 12.2. The van der Waals surface area contributed by atoms with Crippen molar-refractivity contribution in [3.63, 3.8) is 0 Å². The third kappa shape index (κ3) is 2.15. The van der Waals surface area contributed by atoms with E-state index in [1.54, 1.807) is 24.9 Å². The van der Waals surface area contributed by atoms with Gasteiger partial charge in [0.2, 0.25) is 0 Å². The third-order valence-electron chi connectivity index (χ3n) is 1.77. The number of aryl methyl sites for hydroxylation is 1. The smallest absolute Gasteiger partial charge is 0.328 e. The van der Waals surface area contributed by atoms with E-state index < -0.39 is 6.04 Å². The predicted octanol–water partition coefficient (Wildman–Crippen LogP) is -0.0243. The van der Waals surface area contributed by atoms with Crippen molar-refractivity contribution in [2.24, 2.45) is 7.05 Å². The molecular formula is C8H14N4O2. The number of rotatable bonds is 3. The fourth-order valence-electron chi connectivity index (χ4n) is 1.06. The van der Waals surface area contributed by atoms with Gasteiger partial charge in [-0.2, -0.15) is 5.10 Å². The van der Waals surface area contributed by atoms with E-state index in [4.69, 9.17) is 5.73 Å². The fraction of sp³-hybridized carbons (Fsp3) is 0.500. The highest BCUT2D eigenvalue weighted by atomic mass is 16.5. The highest BCUT2D eigenvalue weighted by Crippen LogP contribution is 2.15. The van der Waals surface area contributed by atoms with Crippen molar-refractivity contribution >= 4 is 17.5 Å². The van der Waals surface area contributed by atoms with E-state index in [0.29, 0.717) is 11.5 Å². The van der Waals surface area contributed by atoms with Crippen molar-refractivity contribution in [1.82, 2.24) is 9.78 Å². The zero-order chi connectivity index (χ0) is 10.7. The van der Waals surface area contributed by atoms with E-state index in [-0.39, 0.29) is 5.97 Å². The molecule has 0 saturated heterocycles. The first-order valence-electron chi connectivity index (χ1n) is 4.18. The Labute approximate surface area is 82.0 Å². The van der Waals surface area contributed by atoms with Gasteiger partial charge in [-0.1, -0.05) is 0 Å². The summed E-state index contributed by atoms with van der Waals surface area (Å²) >= 11 is 0. The first-order valence-corrected chi connectivity index (χ1v) is 4.18. The molecule has 6 nitrogen and oxygen atoms in total. The number of nitrogens with one attached hydrogen (secondary N) is 1. The Morgan fingerprint density at radius 3 is 2.86 bits per heavy atom. The van der Waals surface area contributed by atoms with E-state index >= 15 is 0 Å². The van der Waals surface area contributed by atoms with Gasteiger partial charge in [-0.05, 0) is 6.92 Å². The molecule has 0 aromatic carbocycles. The zero-order valence-electron chi connectivity index (χ0n) is 8.44. The Morgan fingerprint density at radius 1 is 1.79 bits per heavy atom. The predicted molar refractivity (Wildman–Crippen MR) is 52.7 cm³/mol. The van der Waals surface area contributed by atoms with Crippen LogP contribution in [0.15, 0.2) is 6.20 Å². The number of carbonyl (C=O) groups excluding carboxylic acids is 1. The van der Waals surface area contributed by atoms with Crippen LogP contribution in [0.3, 0.4) is 0 Å². The standard InChI is InChI=1S/C8H14N4O2/c1-5(8(13)14-3)10-7-6(9)4-12(2)11-7/h4-5H,9H2,1-3H3,(H,10,11). The van der Waals surface area contributed by atoms with E-state index in [1.165, 1.54) is 7.11 Å². The van der Waals surface area contributed by atoms with Crippen LogP contribution in [-0.4, -0.2) is 28.9 Å². The monoisotopic (exact) mass is 198 g/mol. The van der Waals surface area contributed by atoms with Gasteiger partial charge in [-0.15, -0.1) is 0 Å². The molecule has 0 spiro atoms. The average molecular weight is 198 g/mol. The fourth-order valence-corrected chi connectivity index (χ4v) is 1.06. The van der Waals surface area contributed by atoms with Crippen LogP contribution in [0.1, 0.15) is 6.92 Å². The average Bonchev–Trinajstić information content (AvgIpc) is 2.44. The quantitative estimate of drug-likeness (QED) is 0.667. The van der Waals surface area contributed by atoms with Gasteiger partial charge in [0, 0.05) is 13.2 Å². The topological polar surface area (TPSA) is 82.2 Å². The molecule has 1 atom stereocenters. The number of nitrogen functional groups attached to an aromatic ring is 1. The van der Waals surface area contributed by atoms with Gasteiger partial charge < -0.3 is 15.8 Å². The van der Waals surface area contributed by atoms with Crippen LogP contribution in [0.5, 0.6) is 0 Å². The summed E-state index contributed by atoms with van der Waals surface area (Å²) in [6, 6.07) is -0.461. The van der Waals surface area contributed by atoms with Gasteiger partial charge in [-0.3, -0.25) is 4.68 Å². The minimum atomic E-state index is -0.461. The van der Waals surface area contributed by atoms with Gasteiger partial charge in [0.25, 0.3) is 0 Å². The van der Waals surface area contributed by atoms with Crippen LogP contribution in [0.25, 0.3) is 0 Å². The molecule has 14 heavy (non-hydrogen) atoms. The highest BCUT2D eigenvalue weighted by molar-refractivity contribution is 5.79. The molecule has 0 aliphatic rings. The second-order valence-corrected chi connectivity index (χ2v) is 3.00. The van der Waals surface area contributed by atoms with Crippen LogP contribution in [-0.2, 0) is 16.6 Å². The number of ether oxygens (including phenoxy) is 1. The van der Waals surface area contributed by atoms with Crippen LogP contribution in [0.4, 0.5) is 11.5 Å². The second-order valence-electron chi connectivity index (χ2n) is 3.00. The van der Waals surface area contributed by atoms with Gasteiger partial charge >= 0.3 is 5.97 Å².